The minimum atomic E-state index is -0.950. The summed E-state index contributed by atoms with van der Waals surface area (Å²) < 4.78 is 13.4. The minimum Gasteiger partial charge on any atom is -0.480 e. The summed E-state index contributed by atoms with van der Waals surface area (Å²) in [4.78, 5) is 11.9. The molecule has 1 aromatic carbocycles. The first kappa shape index (κ1) is 16.0. The van der Waals surface area contributed by atoms with Gasteiger partial charge in [-0.05, 0) is 38.4 Å². The van der Waals surface area contributed by atoms with Crippen LogP contribution in [0.4, 0.5) is 4.39 Å². The van der Waals surface area contributed by atoms with Crippen molar-refractivity contribution < 1.29 is 14.3 Å². The van der Waals surface area contributed by atoms with Crippen LogP contribution in [0.3, 0.4) is 0 Å². The molecule has 19 heavy (non-hydrogen) atoms. The quantitative estimate of drug-likeness (QED) is 0.720. The molecule has 0 aliphatic rings. The topological polar surface area (TPSA) is 49.3 Å². The Balaban J connectivity index is 2.53. The van der Waals surface area contributed by atoms with Crippen molar-refractivity contribution in [2.24, 2.45) is 0 Å². The van der Waals surface area contributed by atoms with Crippen LogP contribution in [0.15, 0.2) is 29.2 Å². The van der Waals surface area contributed by atoms with Crippen molar-refractivity contribution in [3.05, 3.63) is 30.1 Å². The number of halogens is 1. The SMILES string of the molecule is CCCNC(C)(CCSc1ccccc1F)C(=O)O. The smallest absolute Gasteiger partial charge is 0.323 e. The molecule has 2 N–H and O–H groups in total. The number of nitrogens with one attached hydrogen (secondary N) is 1. The highest BCUT2D eigenvalue weighted by atomic mass is 32.2. The highest BCUT2D eigenvalue weighted by Crippen LogP contribution is 2.24. The minimum absolute atomic E-state index is 0.258. The summed E-state index contributed by atoms with van der Waals surface area (Å²) in [5, 5.41) is 12.3. The van der Waals surface area contributed by atoms with Gasteiger partial charge in [0.1, 0.15) is 11.4 Å². The molecule has 0 aliphatic carbocycles. The molecule has 0 saturated heterocycles. The summed E-state index contributed by atoms with van der Waals surface area (Å²) in [6.45, 7) is 4.32. The van der Waals surface area contributed by atoms with Crippen LogP contribution in [-0.4, -0.2) is 28.9 Å². The van der Waals surface area contributed by atoms with Crippen LogP contribution in [0.25, 0.3) is 0 Å². The lowest BCUT2D eigenvalue weighted by atomic mass is 9.99. The van der Waals surface area contributed by atoms with Crippen LogP contribution in [0.2, 0.25) is 0 Å². The number of hydrogen-bond acceptors (Lipinski definition) is 3. The molecule has 106 valence electrons. The van der Waals surface area contributed by atoms with Gasteiger partial charge >= 0.3 is 5.97 Å². The predicted octanol–water partition coefficient (Wildman–Crippen LogP) is 3.15. The van der Waals surface area contributed by atoms with Gasteiger partial charge in [0.15, 0.2) is 0 Å². The number of rotatable bonds is 8. The predicted molar refractivity (Wildman–Crippen MR) is 76.1 cm³/mol. The lowest BCUT2D eigenvalue weighted by Crippen LogP contribution is -2.50. The van der Waals surface area contributed by atoms with Crippen molar-refractivity contribution in [2.45, 2.75) is 37.1 Å². The Labute approximate surface area is 117 Å². The Kier molecular flexibility index (Phi) is 6.31. The van der Waals surface area contributed by atoms with E-state index in [4.69, 9.17) is 0 Å². The lowest BCUT2D eigenvalue weighted by molar-refractivity contribution is -0.144. The summed E-state index contributed by atoms with van der Waals surface area (Å²) in [5.74, 6) is -0.568. The number of carboxylic acid groups (broad SMARTS) is 1. The summed E-state index contributed by atoms with van der Waals surface area (Å²) in [6.07, 6.45) is 1.32. The van der Waals surface area contributed by atoms with Gasteiger partial charge in [-0.2, -0.15) is 0 Å². The Morgan fingerprint density at radius 1 is 1.47 bits per heavy atom. The molecule has 1 unspecified atom stereocenters. The largest absolute Gasteiger partial charge is 0.480 e. The fraction of sp³-hybridized carbons (Fsp3) is 0.500. The normalized spacial score (nSPS) is 14.1. The van der Waals surface area contributed by atoms with Gasteiger partial charge in [0.25, 0.3) is 0 Å². The summed E-state index contributed by atoms with van der Waals surface area (Å²) >= 11 is 1.35. The van der Waals surface area contributed by atoms with E-state index in [1.54, 1.807) is 25.1 Å². The van der Waals surface area contributed by atoms with Gasteiger partial charge in [0.2, 0.25) is 0 Å². The van der Waals surface area contributed by atoms with E-state index in [0.29, 0.717) is 23.6 Å². The molecule has 0 radical (unpaired) electrons. The van der Waals surface area contributed by atoms with Crippen LogP contribution < -0.4 is 5.32 Å². The van der Waals surface area contributed by atoms with Crippen molar-refractivity contribution in [3.8, 4) is 0 Å². The molecule has 5 heteroatoms. The number of carboxylic acids is 1. The van der Waals surface area contributed by atoms with Gasteiger partial charge in [0.05, 0.1) is 0 Å². The van der Waals surface area contributed by atoms with E-state index in [1.807, 2.05) is 6.92 Å². The summed E-state index contributed by atoms with van der Waals surface area (Å²) in [7, 11) is 0. The first-order chi connectivity index (χ1) is 8.99. The maximum absolute atomic E-state index is 13.4. The fourth-order valence-electron chi connectivity index (χ4n) is 1.60. The van der Waals surface area contributed by atoms with Crippen LogP contribution in [0, 0.1) is 5.82 Å². The molecule has 0 spiro atoms. The van der Waals surface area contributed by atoms with Crippen LogP contribution >= 0.6 is 11.8 Å². The second-order valence-corrected chi connectivity index (χ2v) is 5.73. The van der Waals surface area contributed by atoms with E-state index in [9.17, 15) is 14.3 Å². The van der Waals surface area contributed by atoms with E-state index in [-0.39, 0.29) is 5.82 Å². The van der Waals surface area contributed by atoms with Crippen LogP contribution in [-0.2, 0) is 4.79 Å². The van der Waals surface area contributed by atoms with Crippen molar-refractivity contribution in [2.75, 3.05) is 12.3 Å². The second kappa shape index (κ2) is 7.50. The zero-order valence-electron chi connectivity index (χ0n) is 11.3. The molecule has 3 nitrogen and oxygen atoms in total. The molecule has 0 bridgehead atoms. The van der Waals surface area contributed by atoms with Crippen LogP contribution in [0.1, 0.15) is 26.7 Å². The van der Waals surface area contributed by atoms with Gasteiger partial charge in [0, 0.05) is 10.6 Å². The molecule has 1 rings (SSSR count). The third-order valence-electron chi connectivity index (χ3n) is 2.93. The Hall–Kier alpha value is -1.07. The Morgan fingerprint density at radius 2 is 2.16 bits per heavy atom. The van der Waals surface area contributed by atoms with E-state index in [2.05, 4.69) is 5.32 Å². The van der Waals surface area contributed by atoms with Gasteiger partial charge in [-0.1, -0.05) is 19.1 Å². The molecule has 0 saturated carbocycles. The second-order valence-electron chi connectivity index (χ2n) is 4.59. The molecule has 0 amide bonds. The average molecular weight is 285 g/mol. The molecule has 0 fully saturated rings. The monoisotopic (exact) mass is 285 g/mol. The van der Waals surface area contributed by atoms with Crippen molar-refractivity contribution >= 4 is 17.7 Å². The molecular weight excluding hydrogens is 265 g/mol. The lowest BCUT2D eigenvalue weighted by Gasteiger charge is -2.26. The Bertz CT molecular complexity index is 428. The van der Waals surface area contributed by atoms with E-state index in [0.717, 1.165) is 6.42 Å². The fourth-order valence-corrected chi connectivity index (χ4v) is 2.71. The van der Waals surface area contributed by atoms with E-state index < -0.39 is 11.5 Å². The molecule has 0 aromatic heterocycles. The van der Waals surface area contributed by atoms with Gasteiger partial charge in [-0.25, -0.2) is 4.39 Å². The maximum atomic E-state index is 13.4. The number of thioether (sulfide) groups is 1. The highest BCUT2D eigenvalue weighted by molar-refractivity contribution is 7.99. The third-order valence-corrected chi connectivity index (χ3v) is 3.98. The summed E-state index contributed by atoms with van der Waals surface area (Å²) in [5.41, 5.74) is -0.950. The van der Waals surface area contributed by atoms with Gasteiger partial charge in [-0.15, -0.1) is 11.8 Å². The Morgan fingerprint density at radius 3 is 2.74 bits per heavy atom. The number of aliphatic carboxylic acids is 1. The first-order valence-corrected chi connectivity index (χ1v) is 7.34. The highest BCUT2D eigenvalue weighted by Gasteiger charge is 2.31. The van der Waals surface area contributed by atoms with E-state index >= 15 is 0 Å². The molecule has 1 aromatic rings. The maximum Gasteiger partial charge on any atom is 0.323 e. The standard InChI is InChI=1S/C14H20FNO2S/c1-3-9-16-14(2,13(17)18)8-10-19-12-7-5-4-6-11(12)15/h4-7,16H,3,8-10H2,1-2H3,(H,17,18). The molecule has 0 heterocycles. The average Bonchev–Trinajstić information content (AvgIpc) is 2.38. The summed E-state index contributed by atoms with van der Waals surface area (Å²) in [6, 6.07) is 6.53. The molecule has 1 atom stereocenters. The van der Waals surface area contributed by atoms with Gasteiger partial charge in [-0.3, -0.25) is 4.79 Å². The number of benzene rings is 1. The number of hydrogen-bond donors (Lipinski definition) is 2. The van der Waals surface area contributed by atoms with E-state index in [1.165, 1.54) is 17.8 Å². The van der Waals surface area contributed by atoms with Crippen molar-refractivity contribution in [1.29, 1.82) is 0 Å². The first-order valence-electron chi connectivity index (χ1n) is 6.35. The molecular formula is C14H20FNO2S. The van der Waals surface area contributed by atoms with Crippen LogP contribution in [0.5, 0.6) is 0 Å². The zero-order valence-corrected chi connectivity index (χ0v) is 12.1. The van der Waals surface area contributed by atoms with Crippen molar-refractivity contribution in [1.82, 2.24) is 5.32 Å². The molecule has 0 aliphatic heterocycles. The van der Waals surface area contributed by atoms with Crippen molar-refractivity contribution in [3.63, 3.8) is 0 Å². The number of carbonyl (C=O) groups is 1. The zero-order chi connectivity index (χ0) is 14.3. The third kappa shape index (κ3) is 4.84. The van der Waals surface area contributed by atoms with Gasteiger partial charge < -0.3 is 10.4 Å².